The fourth-order valence-electron chi connectivity index (χ4n) is 3.10. The molecule has 158 valence electrons. The lowest BCUT2D eigenvalue weighted by molar-refractivity contribution is -0.282. The lowest BCUT2D eigenvalue weighted by Gasteiger charge is -2.06. The Balaban J connectivity index is 1.45. The van der Waals surface area contributed by atoms with Crippen molar-refractivity contribution in [3.8, 4) is 38.0 Å². The molecule has 0 aliphatic carbocycles. The number of ether oxygens (including phenoxy) is 1. The molecule has 1 aromatic heterocycles. The van der Waals surface area contributed by atoms with Crippen LogP contribution in [0.25, 0.3) is 32.3 Å². The van der Waals surface area contributed by atoms with Gasteiger partial charge in [-0.25, -0.2) is 9.78 Å². The molecule has 6 heteroatoms. The molecule has 0 fully saturated rings. The number of rotatable bonds is 9. The van der Waals surface area contributed by atoms with E-state index in [2.05, 4.69) is 58.4 Å². The van der Waals surface area contributed by atoms with E-state index < -0.39 is 0 Å². The summed E-state index contributed by atoms with van der Waals surface area (Å²) >= 11 is 1.58. The Hall–Kier alpha value is -3.06. The SMILES string of the molecule is CCCOc1ccc(-c2ccc(-c3nnc(-c4ccc(COOC)cc4)s3)cc2)cc1. The van der Waals surface area contributed by atoms with Gasteiger partial charge in [-0.05, 0) is 35.2 Å². The van der Waals surface area contributed by atoms with E-state index in [1.165, 1.54) is 7.11 Å². The third-order valence-corrected chi connectivity index (χ3v) is 5.78. The highest BCUT2D eigenvalue weighted by molar-refractivity contribution is 7.17. The number of hydrogen-bond acceptors (Lipinski definition) is 6. The van der Waals surface area contributed by atoms with Gasteiger partial charge in [0, 0.05) is 11.1 Å². The first-order valence-electron chi connectivity index (χ1n) is 10.2. The van der Waals surface area contributed by atoms with Crippen LogP contribution in [0.2, 0.25) is 0 Å². The molecule has 0 bridgehead atoms. The maximum atomic E-state index is 5.66. The van der Waals surface area contributed by atoms with E-state index in [0.29, 0.717) is 6.61 Å². The van der Waals surface area contributed by atoms with Crippen LogP contribution in [0.3, 0.4) is 0 Å². The van der Waals surface area contributed by atoms with Gasteiger partial charge in [-0.1, -0.05) is 78.9 Å². The van der Waals surface area contributed by atoms with E-state index in [1.54, 1.807) is 11.3 Å². The summed E-state index contributed by atoms with van der Waals surface area (Å²) in [5.74, 6) is 0.905. The average molecular weight is 433 g/mol. The summed E-state index contributed by atoms with van der Waals surface area (Å²) in [5.41, 5.74) is 5.44. The Morgan fingerprint density at radius 2 is 1.23 bits per heavy atom. The predicted octanol–water partition coefficient (Wildman–Crippen LogP) is 6.41. The minimum Gasteiger partial charge on any atom is -0.494 e. The smallest absolute Gasteiger partial charge is 0.148 e. The third kappa shape index (κ3) is 5.35. The maximum Gasteiger partial charge on any atom is 0.148 e. The molecular weight excluding hydrogens is 408 g/mol. The second kappa shape index (κ2) is 10.3. The molecule has 0 saturated heterocycles. The van der Waals surface area contributed by atoms with Crippen LogP contribution >= 0.6 is 11.3 Å². The molecule has 4 aromatic rings. The molecule has 0 unspecified atom stereocenters. The molecule has 0 aliphatic rings. The number of benzene rings is 3. The van der Waals surface area contributed by atoms with Crippen LogP contribution < -0.4 is 4.74 Å². The van der Waals surface area contributed by atoms with Gasteiger partial charge in [-0.3, -0.25) is 0 Å². The Bertz CT molecular complexity index is 1090. The summed E-state index contributed by atoms with van der Waals surface area (Å²) in [5, 5.41) is 10.5. The summed E-state index contributed by atoms with van der Waals surface area (Å²) in [4.78, 5) is 9.60. The third-order valence-electron chi connectivity index (χ3n) is 4.76. The number of nitrogens with zero attached hydrogens (tertiary/aromatic N) is 2. The molecule has 4 rings (SSSR count). The van der Waals surface area contributed by atoms with Crippen molar-refractivity contribution in [3.05, 3.63) is 78.4 Å². The van der Waals surface area contributed by atoms with E-state index in [0.717, 1.165) is 56.6 Å². The second-order valence-corrected chi connectivity index (χ2v) is 7.97. The molecule has 0 atom stereocenters. The Kier molecular flexibility index (Phi) is 7.04. The van der Waals surface area contributed by atoms with Crippen molar-refractivity contribution >= 4 is 11.3 Å². The Morgan fingerprint density at radius 3 is 1.77 bits per heavy atom. The van der Waals surface area contributed by atoms with Crippen molar-refractivity contribution in [2.75, 3.05) is 13.7 Å². The first-order valence-corrected chi connectivity index (χ1v) is 11.0. The van der Waals surface area contributed by atoms with Gasteiger partial charge < -0.3 is 4.74 Å². The fourth-order valence-corrected chi connectivity index (χ4v) is 3.95. The normalized spacial score (nSPS) is 10.9. The topological polar surface area (TPSA) is 53.5 Å². The van der Waals surface area contributed by atoms with Crippen molar-refractivity contribution in [1.82, 2.24) is 10.2 Å². The quantitative estimate of drug-likeness (QED) is 0.226. The van der Waals surface area contributed by atoms with Gasteiger partial charge in [-0.2, -0.15) is 0 Å². The van der Waals surface area contributed by atoms with Crippen molar-refractivity contribution in [2.45, 2.75) is 20.0 Å². The molecule has 0 aliphatic heterocycles. The lowest BCUT2D eigenvalue weighted by atomic mass is 10.0. The number of aromatic nitrogens is 2. The van der Waals surface area contributed by atoms with Crippen molar-refractivity contribution in [1.29, 1.82) is 0 Å². The molecule has 31 heavy (non-hydrogen) atoms. The zero-order valence-electron chi connectivity index (χ0n) is 17.6. The van der Waals surface area contributed by atoms with Crippen LogP contribution in [-0.2, 0) is 16.4 Å². The summed E-state index contributed by atoms with van der Waals surface area (Å²) in [6.45, 7) is 3.26. The van der Waals surface area contributed by atoms with Gasteiger partial charge >= 0.3 is 0 Å². The fraction of sp³-hybridized carbons (Fsp3) is 0.200. The van der Waals surface area contributed by atoms with E-state index in [-0.39, 0.29) is 0 Å². The van der Waals surface area contributed by atoms with Gasteiger partial charge in [0.05, 0.1) is 13.7 Å². The molecule has 3 aromatic carbocycles. The molecule has 5 nitrogen and oxygen atoms in total. The van der Waals surface area contributed by atoms with Gasteiger partial charge in [0.15, 0.2) is 0 Å². The highest BCUT2D eigenvalue weighted by atomic mass is 32.1. The van der Waals surface area contributed by atoms with Gasteiger partial charge in [0.1, 0.15) is 22.4 Å². The van der Waals surface area contributed by atoms with Crippen molar-refractivity contribution < 1.29 is 14.5 Å². The Labute approximate surface area is 186 Å². The molecule has 0 spiro atoms. The van der Waals surface area contributed by atoms with E-state index >= 15 is 0 Å². The largest absolute Gasteiger partial charge is 0.494 e. The molecule has 1 heterocycles. The van der Waals surface area contributed by atoms with E-state index in [1.807, 2.05) is 36.4 Å². The standard InChI is InChI=1S/C25H24N2O3S/c1-3-16-29-23-14-12-20(13-15-23)19-8-10-22(11-9-19)25-27-26-24(31-25)21-6-4-18(5-7-21)17-30-28-2/h4-15H,3,16-17H2,1-2H3. The monoisotopic (exact) mass is 432 g/mol. The maximum absolute atomic E-state index is 5.66. The summed E-state index contributed by atoms with van der Waals surface area (Å²) < 4.78 is 5.66. The predicted molar refractivity (Wildman–Crippen MR) is 124 cm³/mol. The first kappa shape index (κ1) is 21.2. The zero-order chi connectivity index (χ0) is 21.5. The highest BCUT2D eigenvalue weighted by Crippen LogP contribution is 2.31. The summed E-state index contributed by atoms with van der Waals surface area (Å²) in [6, 6.07) is 24.7. The van der Waals surface area contributed by atoms with Crippen LogP contribution in [0.1, 0.15) is 18.9 Å². The van der Waals surface area contributed by atoms with Crippen LogP contribution in [0.15, 0.2) is 72.8 Å². The summed E-state index contributed by atoms with van der Waals surface area (Å²) in [7, 11) is 1.50. The highest BCUT2D eigenvalue weighted by Gasteiger charge is 2.09. The minimum atomic E-state index is 0.416. The molecule has 0 amide bonds. The van der Waals surface area contributed by atoms with E-state index in [4.69, 9.17) is 9.62 Å². The van der Waals surface area contributed by atoms with Gasteiger partial charge in [0.2, 0.25) is 0 Å². The van der Waals surface area contributed by atoms with Gasteiger partial charge in [-0.15, -0.1) is 10.2 Å². The van der Waals surface area contributed by atoms with Crippen LogP contribution in [0.4, 0.5) is 0 Å². The number of hydrogen-bond donors (Lipinski definition) is 0. The molecule has 0 N–H and O–H groups in total. The minimum absolute atomic E-state index is 0.416. The van der Waals surface area contributed by atoms with Crippen LogP contribution in [0, 0.1) is 0 Å². The molecule has 0 radical (unpaired) electrons. The first-order chi connectivity index (χ1) is 15.3. The average Bonchev–Trinajstić information content (AvgIpc) is 3.32. The second-order valence-electron chi connectivity index (χ2n) is 6.99. The van der Waals surface area contributed by atoms with E-state index in [9.17, 15) is 0 Å². The van der Waals surface area contributed by atoms with Crippen LogP contribution in [-0.4, -0.2) is 23.9 Å². The van der Waals surface area contributed by atoms with Crippen LogP contribution in [0.5, 0.6) is 5.75 Å². The lowest BCUT2D eigenvalue weighted by Crippen LogP contribution is -1.94. The molecule has 0 saturated carbocycles. The Morgan fingerprint density at radius 1 is 0.710 bits per heavy atom. The molecular formula is C25H24N2O3S. The summed E-state index contributed by atoms with van der Waals surface area (Å²) in [6.07, 6.45) is 1.01. The van der Waals surface area contributed by atoms with Crippen molar-refractivity contribution in [2.24, 2.45) is 0 Å². The van der Waals surface area contributed by atoms with Gasteiger partial charge in [0.25, 0.3) is 0 Å². The van der Waals surface area contributed by atoms with Crippen molar-refractivity contribution in [3.63, 3.8) is 0 Å². The zero-order valence-corrected chi connectivity index (χ0v) is 18.4.